The Kier molecular flexibility index (Phi) is 5.99. The minimum atomic E-state index is -4.40. The van der Waals surface area contributed by atoms with Crippen molar-refractivity contribution in [3.63, 3.8) is 0 Å². The second-order valence-electron chi connectivity index (χ2n) is 6.33. The highest BCUT2D eigenvalue weighted by Gasteiger charge is 2.30. The maximum Gasteiger partial charge on any atom is 0.416 e. The highest BCUT2D eigenvalue weighted by molar-refractivity contribution is 5.97. The van der Waals surface area contributed by atoms with Gasteiger partial charge < -0.3 is 15.0 Å². The van der Waals surface area contributed by atoms with Crippen LogP contribution in [0.25, 0.3) is 11.1 Å². The van der Waals surface area contributed by atoms with Crippen molar-refractivity contribution < 1.29 is 27.5 Å². The van der Waals surface area contributed by atoms with Crippen LogP contribution in [0.15, 0.2) is 48.5 Å². The number of nitrogens with one attached hydrogen (secondary N) is 1. The summed E-state index contributed by atoms with van der Waals surface area (Å²) in [6.07, 6.45) is -4.40. The first-order chi connectivity index (χ1) is 13.3. The fourth-order valence-electron chi connectivity index (χ4n) is 2.87. The zero-order valence-electron chi connectivity index (χ0n) is 15.0. The summed E-state index contributed by atoms with van der Waals surface area (Å²) >= 11 is 0. The lowest BCUT2D eigenvalue weighted by atomic mass is 10.0. The fraction of sp³-hybridized carbons (Fsp3) is 0.300. The molecule has 0 radical (unpaired) electrons. The van der Waals surface area contributed by atoms with Crippen molar-refractivity contribution in [2.24, 2.45) is 0 Å². The molecule has 2 amide bonds. The van der Waals surface area contributed by atoms with Crippen LogP contribution in [0, 0.1) is 0 Å². The molecule has 2 aromatic carbocycles. The van der Waals surface area contributed by atoms with Crippen LogP contribution >= 0.6 is 0 Å². The largest absolute Gasteiger partial charge is 0.416 e. The van der Waals surface area contributed by atoms with Gasteiger partial charge in [-0.05, 0) is 35.4 Å². The van der Waals surface area contributed by atoms with E-state index < -0.39 is 17.6 Å². The first kappa shape index (κ1) is 19.9. The van der Waals surface area contributed by atoms with E-state index in [9.17, 15) is 22.8 Å². The number of alkyl halides is 3. The topological polar surface area (TPSA) is 58.6 Å². The van der Waals surface area contributed by atoms with Gasteiger partial charge in [-0.1, -0.05) is 24.3 Å². The Hall–Kier alpha value is -2.87. The van der Waals surface area contributed by atoms with Gasteiger partial charge in [-0.15, -0.1) is 0 Å². The minimum absolute atomic E-state index is 0.122. The summed E-state index contributed by atoms with van der Waals surface area (Å²) in [5.74, 6) is -0.606. The predicted molar refractivity (Wildman–Crippen MR) is 96.6 cm³/mol. The van der Waals surface area contributed by atoms with Crippen LogP contribution in [-0.4, -0.2) is 49.6 Å². The van der Waals surface area contributed by atoms with Crippen molar-refractivity contribution in [3.8, 4) is 11.1 Å². The molecule has 28 heavy (non-hydrogen) atoms. The van der Waals surface area contributed by atoms with Gasteiger partial charge in [0.05, 0.1) is 25.3 Å². The van der Waals surface area contributed by atoms with E-state index in [1.165, 1.54) is 12.1 Å². The monoisotopic (exact) mass is 392 g/mol. The van der Waals surface area contributed by atoms with E-state index >= 15 is 0 Å². The Morgan fingerprint density at radius 3 is 2.32 bits per heavy atom. The fourth-order valence-corrected chi connectivity index (χ4v) is 2.87. The van der Waals surface area contributed by atoms with Crippen LogP contribution in [0.4, 0.5) is 13.2 Å². The SMILES string of the molecule is O=C(NCC(=O)N1CCOCC1)c1cccc(-c2ccc(C(F)(F)F)cc2)c1. The predicted octanol–water partition coefficient (Wildman–Crippen LogP) is 2.96. The second-order valence-corrected chi connectivity index (χ2v) is 6.33. The number of hydrogen-bond acceptors (Lipinski definition) is 3. The van der Waals surface area contributed by atoms with Gasteiger partial charge in [-0.3, -0.25) is 9.59 Å². The number of halogens is 3. The van der Waals surface area contributed by atoms with Crippen molar-refractivity contribution in [3.05, 3.63) is 59.7 Å². The van der Waals surface area contributed by atoms with Crippen molar-refractivity contribution in [2.45, 2.75) is 6.18 Å². The molecule has 0 saturated carbocycles. The molecule has 1 saturated heterocycles. The normalized spacial score (nSPS) is 14.6. The van der Waals surface area contributed by atoms with E-state index in [4.69, 9.17) is 4.74 Å². The van der Waals surface area contributed by atoms with E-state index in [2.05, 4.69) is 5.32 Å². The lowest BCUT2D eigenvalue weighted by Crippen LogP contribution is -2.45. The van der Waals surface area contributed by atoms with Gasteiger partial charge in [0.2, 0.25) is 5.91 Å². The molecular formula is C20H19F3N2O3. The summed E-state index contributed by atoms with van der Waals surface area (Å²) in [5, 5.41) is 2.58. The number of hydrogen-bond donors (Lipinski definition) is 1. The molecule has 2 aromatic rings. The lowest BCUT2D eigenvalue weighted by Gasteiger charge is -2.26. The number of morpholine rings is 1. The molecule has 3 rings (SSSR count). The molecule has 8 heteroatoms. The summed E-state index contributed by atoms with van der Waals surface area (Å²) < 4.78 is 43.2. The molecule has 1 N–H and O–H groups in total. The summed E-state index contributed by atoms with van der Waals surface area (Å²) in [6, 6.07) is 11.2. The highest BCUT2D eigenvalue weighted by atomic mass is 19.4. The third kappa shape index (κ3) is 4.89. The summed E-state index contributed by atoms with van der Waals surface area (Å²) in [5.41, 5.74) is 0.770. The number of rotatable bonds is 4. The lowest BCUT2D eigenvalue weighted by molar-refractivity contribution is -0.137. The van der Waals surface area contributed by atoms with E-state index in [1.54, 1.807) is 29.2 Å². The molecular weight excluding hydrogens is 373 g/mol. The molecule has 0 aliphatic carbocycles. The molecule has 1 fully saturated rings. The van der Waals surface area contributed by atoms with E-state index in [1.807, 2.05) is 0 Å². The molecule has 0 atom stereocenters. The van der Waals surface area contributed by atoms with Gasteiger partial charge in [-0.2, -0.15) is 13.2 Å². The summed E-state index contributed by atoms with van der Waals surface area (Å²) in [7, 11) is 0. The Morgan fingerprint density at radius 2 is 1.68 bits per heavy atom. The molecule has 0 bridgehead atoms. The minimum Gasteiger partial charge on any atom is -0.378 e. The average Bonchev–Trinajstić information content (AvgIpc) is 2.72. The van der Waals surface area contributed by atoms with Crippen LogP contribution in [0.5, 0.6) is 0 Å². The maximum absolute atomic E-state index is 12.7. The molecule has 0 aromatic heterocycles. The van der Waals surface area contributed by atoms with E-state index in [0.717, 1.165) is 12.1 Å². The summed E-state index contributed by atoms with van der Waals surface area (Å²) in [4.78, 5) is 26.1. The third-order valence-electron chi connectivity index (χ3n) is 4.43. The molecule has 1 heterocycles. The van der Waals surface area contributed by atoms with Crippen molar-refractivity contribution in [2.75, 3.05) is 32.8 Å². The number of benzene rings is 2. The van der Waals surface area contributed by atoms with Crippen LogP contribution < -0.4 is 5.32 Å². The van der Waals surface area contributed by atoms with Gasteiger partial charge in [0.1, 0.15) is 0 Å². The van der Waals surface area contributed by atoms with Crippen molar-refractivity contribution in [1.29, 1.82) is 0 Å². The van der Waals surface area contributed by atoms with Crippen molar-refractivity contribution in [1.82, 2.24) is 10.2 Å². The second kappa shape index (κ2) is 8.43. The van der Waals surface area contributed by atoms with Crippen molar-refractivity contribution >= 4 is 11.8 Å². The first-order valence-electron chi connectivity index (χ1n) is 8.76. The number of carbonyl (C=O) groups is 2. The molecule has 148 valence electrons. The number of nitrogens with zero attached hydrogens (tertiary/aromatic N) is 1. The summed E-state index contributed by atoms with van der Waals surface area (Å²) in [6.45, 7) is 1.84. The zero-order chi connectivity index (χ0) is 20.1. The van der Waals surface area contributed by atoms with Gasteiger partial charge in [0.15, 0.2) is 0 Å². The Balaban J connectivity index is 1.65. The number of carbonyl (C=O) groups excluding carboxylic acids is 2. The molecule has 1 aliphatic heterocycles. The third-order valence-corrected chi connectivity index (χ3v) is 4.43. The first-order valence-corrected chi connectivity index (χ1v) is 8.76. The molecule has 5 nitrogen and oxygen atoms in total. The highest BCUT2D eigenvalue weighted by Crippen LogP contribution is 2.31. The quantitative estimate of drug-likeness (QED) is 0.871. The van der Waals surface area contributed by atoms with Crippen LogP contribution in [0.3, 0.4) is 0 Å². The van der Waals surface area contributed by atoms with Gasteiger partial charge in [-0.25, -0.2) is 0 Å². The number of ether oxygens (including phenoxy) is 1. The van der Waals surface area contributed by atoms with E-state index in [-0.39, 0.29) is 12.5 Å². The van der Waals surface area contributed by atoms with Gasteiger partial charge in [0, 0.05) is 18.7 Å². The zero-order valence-corrected chi connectivity index (χ0v) is 15.0. The smallest absolute Gasteiger partial charge is 0.378 e. The van der Waals surface area contributed by atoms with Gasteiger partial charge >= 0.3 is 6.18 Å². The van der Waals surface area contributed by atoms with E-state index in [0.29, 0.717) is 43.0 Å². The number of amides is 2. The molecule has 1 aliphatic rings. The molecule has 0 spiro atoms. The molecule has 0 unspecified atom stereocenters. The Labute approximate surface area is 160 Å². The van der Waals surface area contributed by atoms with Gasteiger partial charge in [0.25, 0.3) is 5.91 Å². The Bertz CT molecular complexity index is 845. The average molecular weight is 392 g/mol. The maximum atomic E-state index is 12.7. The Morgan fingerprint density at radius 1 is 1.00 bits per heavy atom. The standard InChI is InChI=1S/C20H19F3N2O3/c21-20(22,23)17-6-4-14(5-7-17)15-2-1-3-16(12-15)19(27)24-13-18(26)25-8-10-28-11-9-25/h1-7,12H,8-11,13H2,(H,24,27). The van der Waals surface area contributed by atoms with Crippen LogP contribution in [-0.2, 0) is 15.7 Å². The van der Waals surface area contributed by atoms with Crippen LogP contribution in [0.1, 0.15) is 15.9 Å². The van der Waals surface area contributed by atoms with Crippen LogP contribution in [0.2, 0.25) is 0 Å².